The van der Waals surface area contributed by atoms with Crippen LogP contribution < -0.4 is 10.4 Å². The van der Waals surface area contributed by atoms with Gasteiger partial charge in [-0.15, -0.1) is 0 Å². The van der Waals surface area contributed by atoms with Crippen LogP contribution in [0.15, 0.2) is 66.7 Å². The van der Waals surface area contributed by atoms with E-state index in [1.54, 1.807) is 40.0 Å². The van der Waals surface area contributed by atoms with Crippen LogP contribution in [0.3, 0.4) is 0 Å². The number of carbonyl (C=O) groups is 2. The zero-order chi connectivity index (χ0) is 24.8. The van der Waals surface area contributed by atoms with Crippen molar-refractivity contribution < 1.29 is 17.5 Å². The van der Waals surface area contributed by atoms with Crippen molar-refractivity contribution in [2.45, 2.75) is 20.4 Å². The number of amides is 3. The molecular formula is C27H28IN3O4. The Hall–Kier alpha value is -2.95. The van der Waals surface area contributed by atoms with Crippen LogP contribution in [0.4, 0.5) is 10.5 Å². The van der Waals surface area contributed by atoms with Crippen molar-refractivity contribution in [2.75, 3.05) is 31.2 Å². The van der Waals surface area contributed by atoms with E-state index in [1.165, 1.54) is 16.7 Å². The maximum absolute atomic E-state index is 13.7. The molecule has 1 aliphatic heterocycles. The average Bonchev–Trinajstić information content (AvgIpc) is 2.88. The van der Waals surface area contributed by atoms with Gasteiger partial charge in [0.25, 0.3) is 5.91 Å². The zero-order valence-electron chi connectivity index (χ0n) is 19.8. The first-order chi connectivity index (χ1) is 17.0. The minimum atomic E-state index is -0.325. The molecule has 1 fully saturated rings. The largest absolute Gasteiger partial charge is 0.378 e. The van der Waals surface area contributed by atoms with Crippen molar-refractivity contribution in [1.82, 2.24) is 10.4 Å². The van der Waals surface area contributed by atoms with E-state index in [9.17, 15) is 9.59 Å². The Morgan fingerprint density at radius 1 is 1.00 bits per heavy atom. The van der Waals surface area contributed by atoms with Gasteiger partial charge in [0.15, 0.2) is 0 Å². The Morgan fingerprint density at radius 2 is 1.66 bits per heavy atom. The lowest BCUT2D eigenvalue weighted by Crippen LogP contribution is -2.48. The molecule has 1 N–H and O–H groups in total. The number of rotatable bonds is 6. The van der Waals surface area contributed by atoms with Crippen LogP contribution in [-0.2, 0) is 14.4 Å². The van der Waals surface area contributed by atoms with E-state index in [-0.39, 0.29) is 11.9 Å². The fraction of sp³-hybridized carbons (Fsp3) is 0.259. The summed E-state index contributed by atoms with van der Waals surface area (Å²) in [5.74, 6) is -0.325. The maximum Gasteiger partial charge on any atom is 0.324 e. The van der Waals surface area contributed by atoms with Gasteiger partial charge >= 0.3 is 6.03 Å². The summed E-state index contributed by atoms with van der Waals surface area (Å²) in [6.45, 7) is 6.76. The summed E-state index contributed by atoms with van der Waals surface area (Å²) in [4.78, 5) is 29.3. The Morgan fingerprint density at radius 3 is 2.31 bits per heavy atom. The molecule has 7 nitrogen and oxygen atoms in total. The zero-order valence-corrected chi connectivity index (χ0v) is 21.9. The van der Waals surface area contributed by atoms with Crippen LogP contribution in [0.1, 0.15) is 27.0 Å². The molecule has 0 radical (unpaired) electrons. The number of hydrogen-bond acceptors (Lipinski definition) is 4. The van der Waals surface area contributed by atoms with Gasteiger partial charge in [0, 0.05) is 24.3 Å². The fourth-order valence-electron chi connectivity index (χ4n) is 4.33. The summed E-state index contributed by atoms with van der Waals surface area (Å²) in [7, 11) is 0. The van der Waals surface area contributed by atoms with Gasteiger partial charge in [0.05, 0.1) is 19.8 Å². The molecule has 0 bridgehead atoms. The third-order valence-electron chi connectivity index (χ3n) is 6.13. The lowest BCUT2D eigenvalue weighted by Gasteiger charge is -2.33. The Labute approximate surface area is 219 Å². The topological polar surface area (TPSA) is 71.1 Å². The number of benzene rings is 3. The first kappa shape index (κ1) is 25.2. The molecule has 3 amide bonds. The molecule has 8 heteroatoms. The number of nitrogens with one attached hydrogen (secondary N) is 1. The number of halogens is 1. The highest BCUT2D eigenvalue weighted by molar-refractivity contribution is 14.1. The fourth-order valence-corrected chi connectivity index (χ4v) is 4.53. The van der Waals surface area contributed by atoms with Crippen molar-refractivity contribution in [3.63, 3.8) is 0 Å². The summed E-state index contributed by atoms with van der Waals surface area (Å²) in [5.41, 5.74) is 9.16. The van der Waals surface area contributed by atoms with Crippen molar-refractivity contribution in [3.8, 4) is 11.1 Å². The van der Waals surface area contributed by atoms with E-state index < -0.39 is 0 Å². The van der Waals surface area contributed by atoms with Gasteiger partial charge < -0.3 is 9.64 Å². The number of aryl methyl sites for hydroxylation is 2. The second kappa shape index (κ2) is 11.7. The summed E-state index contributed by atoms with van der Waals surface area (Å²) < 4.78 is 10.1. The Balaban J connectivity index is 1.67. The molecule has 0 spiro atoms. The first-order valence-electron chi connectivity index (χ1n) is 11.5. The number of urea groups is 1. The molecule has 1 heterocycles. The molecule has 3 aromatic rings. The monoisotopic (exact) mass is 585 g/mol. The average molecular weight is 585 g/mol. The van der Waals surface area contributed by atoms with Crippen LogP contribution in [0.5, 0.6) is 0 Å². The molecule has 1 saturated heterocycles. The second-order valence-corrected chi connectivity index (χ2v) is 8.93. The molecule has 3 aromatic carbocycles. The van der Waals surface area contributed by atoms with Gasteiger partial charge in [-0.2, -0.15) is 0 Å². The molecule has 35 heavy (non-hydrogen) atoms. The SMILES string of the molecule is Cc1cccc(C)c1-c1cccc(N(Cc2ccc(C(=O)NOI)cc2)C(=O)N2CCOCC2)c1. The quantitative estimate of drug-likeness (QED) is 0.309. The van der Waals surface area contributed by atoms with Crippen LogP contribution in [0, 0.1) is 13.8 Å². The molecule has 0 atom stereocenters. The molecule has 0 aromatic heterocycles. The smallest absolute Gasteiger partial charge is 0.324 e. The summed E-state index contributed by atoms with van der Waals surface area (Å²) >= 11 is 1.61. The first-order valence-corrected chi connectivity index (χ1v) is 12.3. The number of morpholine rings is 1. The molecular weight excluding hydrogens is 557 g/mol. The van der Waals surface area contributed by atoms with E-state index in [4.69, 9.17) is 4.74 Å². The Bertz CT molecular complexity index is 1170. The van der Waals surface area contributed by atoms with Crippen molar-refractivity contribution in [3.05, 3.63) is 89.0 Å². The van der Waals surface area contributed by atoms with Gasteiger partial charge in [0.1, 0.15) is 23.0 Å². The molecule has 0 aliphatic carbocycles. The standard InChI is InChI=1S/C27H28IN3O4/c1-19-5-3-6-20(2)25(19)23-7-4-8-24(17-23)31(27(33)30-13-15-34-16-14-30)18-21-9-11-22(12-10-21)26(32)29-35-28/h3-12,17H,13-16,18H2,1-2H3,(H,29,32). The van der Waals surface area contributed by atoms with Crippen molar-refractivity contribution in [1.29, 1.82) is 0 Å². The molecule has 182 valence electrons. The van der Waals surface area contributed by atoms with Crippen LogP contribution in [0.25, 0.3) is 11.1 Å². The van der Waals surface area contributed by atoms with Crippen LogP contribution in [0.2, 0.25) is 0 Å². The second-order valence-electron chi connectivity index (χ2n) is 8.49. The van der Waals surface area contributed by atoms with Gasteiger partial charge in [-0.25, -0.2) is 13.4 Å². The molecule has 0 unspecified atom stereocenters. The predicted molar refractivity (Wildman–Crippen MR) is 144 cm³/mol. The Kier molecular flexibility index (Phi) is 8.37. The minimum absolute atomic E-state index is 0.0629. The van der Waals surface area contributed by atoms with Crippen LogP contribution >= 0.6 is 23.0 Å². The third-order valence-corrected chi connectivity index (χ3v) is 6.35. The lowest BCUT2D eigenvalue weighted by molar-refractivity contribution is 0.0548. The van der Waals surface area contributed by atoms with Gasteiger partial charge in [-0.3, -0.25) is 9.69 Å². The number of hydrogen-bond donors (Lipinski definition) is 1. The number of hydroxylamine groups is 1. The molecule has 0 saturated carbocycles. The third kappa shape index (κ3) is 6.01. The highest BCUT2D eigenvalue weighted by atomic mass is 127. The number of nitrogens with zero attached hydrogens (tertiary/aromatic N) is 2. The predicted octanol–water partition coefficient (Wildman–Crippen LogP) is 5.44. The normalized spacial score (nSPS) is 13.4. The lowest BCUT2D eigenvalue weighted by atomic mass is 9.95. The van der Waals surface area contributed by atoms with Crippen molar-refractivity contribution in [2.24, 2.45) is 0 Å². The number of carbonyl (C=O) groups excluding carboxylic acids is 2. The van der Waals surface area contributed by atoms with E-state index in [0.717, 1.165) is 16.8 Å². The van der Waals surface area contributed by atoms with Crippen LogP contribution in [-0.4, -0.2) is 43.1 Å². The number of anilines is 1. The summed E-state index contributed by atoms with van der Waals surface area (Å²) in [6.07, 6.45) is 0. The van der Waals surface area contributed by atoms with Gasteiger partial charge in [-0.05, 0) is 65.9 Å². The minimum Gasteiger partial charge on any atom is -0.378 e. The van der Waals surface area contributed by atoms with E-state index >= 15 is 0 Å². The van der Waals surface area contributed by atoms with E-state index in [2.05, 4.69) is 52.8 Å². The molecule has 1 aliphatic rings. The van der Waals surface area contributed by atoms with E-state index in [0.29, 0.717) is 38.4 Å². The summed E-state index contributed by atoms with van der Waals surface area (Å²) in [5, 5.41) is 0. The molecule has 4 rings (SSSR count). The highest BCUT2D eigenvalue weighted by Crippen LogP contribution is 2.31. The number of ether oxygens (including phenoxy) is 1. The van der Waals surface area contributed by atoms with E-state index in [1.807, 2.05) is 29.2 Å². The highest BCUT2D eigenvalue weighted by Gasteiger charge is 2.25. The van der Waals surface area contributed by atoms with Crippen molar-refractivity contribution >= 4 is 40.6 Å². The van der Waals surface area contributed by atoms with Gasteiger partial charge in [-0.1, -0.05) is 42.5 Å². The van der Waals surface area contributed by atoms with Gasteiger partial charge in [0.2, 0.25) is 0 Å². The maximum atomic E-state index is 13.7. The summed E-state index contributed by atoms with van der Waals surface area (Å²) in [6, 6.07) is 21.5.